The lowest BCUT2D eigenvalue weighted by Gasteiger charge is -2.62. The number of rotatable bonds is 1. The molecular weight excluding hydrogens is 332 g/mol. The lowest BCUT2D eigenvalue weighted by molar-refractivity contribution is -0.297. The van der Waals surface area contributed by atoms with Crippen LogP contribution in [0.15, 0.2) is 11.6 Å². The second-order valence-corrected chi connectivity index (χ2v) is 10.1. The third kappa shape index (κ3) is 2.40. The van der Waals surface area contributed by atoms with E-state index in [0.29, 0.717) is 12.3 Å². The Kier molecular flexibility index (Phi) is 3.87. The minimum absolute atomic E-state index is 0.0980. The molecule has 5 heteroatoms. The Morgan fingerprint density at radius 1 is 1.12 bits per heavy atom. The summed E-state index contributed by atoms with van der Waals surface area (Å²) >= 11 is 0. The summed E-state index contributed by atoms with van der Waals surface area (Å²) in [4.78, 5) is 12.2. The van der Waals surface area contributed by atoms with Gasteiger partial charge in [0.05, 0.1) is 0 Å². The molecule has 5 unspecified atom stereocenters. The van der Waals surface area contributed by atoms with E-state index in [9.17, 15) is 25.2 Å². The van der Waals surface area contributed by atoms with Crippen molar-refractivity contribution in [2.45, 2.75) is 77.3 Å². The highest BCUT2D eigenvalue weighted by atomic mass is 16.5. The maximum absolute atomic E-state index is 12.2. The van der Waals surface area contributed by atoms with Gasteiger partial charge in [0.2, 0.25) is 0 Å². The van der Waals surface area contributed by atoms with Crippen molar-refractivity contribution in [3.63, 3.8) is 0 Å². The second kappa shape index (κ2) is 5.40. The van der Waals surface area contributed by atoms with Crippen LogP contribution in [0.5, 0.6) is 0 Å². The van der Waals surface area contributed by atoms with Crippen LogP contribution in [0.25, 0.3) is 0 Å². The third-order valence-electron chi connectivity index (χ3n) is 8.56. The van der Waals surface area contributed by atoms with Crippen molar-refractivity contribution < 1.29 is 25.2 Å². The van der Waals surface area contributed by atoms with E-state index in [-0.39, 0.29) is 48.2 Å². The molecule has 4 aliphatic rings. The molecule has 0 aromatic carbocycles. The molecule has 5 nitrogen and oxygen atoms in total. The lowest BCUT2D eigenvalue weighted by atomic mass is 9.45. The number of hydrogen-bond acceptors (Lipinski definition) is 5. The Balaban J connectivity index is 1.77. The van der Waals surface area contributed by atoms with Gasteiger partial charge in [0.15, 0.2) is 11.6 Å². The molecule has 4 aliphatic carbocycles. The molecule has 0 radical (unpaired) electrons. The van der Waals surface area contributed by atoms with Crippen molar-refractivity contribution in [1.82, 2.24) is 0 Å². The number of hydrogen-bond donors (Lipinski definition) is 4. The van der Waals surface area contributed by atoms with Gasteiger partial charge in [-0.15, -0.1) is 0 Å². The normalized spacial score (nSPS) is 48.8. The zero-order valence-electron chi connectivity index (χ0n) is 16.0. The monoisotopic (exact) mass is 364 g/mol. The summed E-state index contributed by atoms with van der Waals surface area (Å²) in [6.45, 7) is 5.76. The first kappa shape index (κ1) is 18.6. The molecule has 26 heavy (non-hydrogen) atoms. The summed E-state index contributed by atoms with van der Waals surface area (Å²) in [6.07, 6.45) is 5.82. The molecule has 0 spiro atoms. The molecule has 6 atom stereocenters. The molecule has 3 fully saturated rings. The van der Waals surface area contributed by atoms with Gasteiger partial charge in [-0.1, -0.05) is 25.5 Å². The highest BCUT2D eigenvalue weighted by Crippen LogP contribution is 2.68. The van der Waals surface area contributed by atoms with E-state index < -0.39 is 17.0 Å². The first-order valence-electron chi connectivity index (χ1n) is 10.0. The van der Waals surface area contributed by atoms with Gasteiger partial charge in [-0.2, -0.15) is 0 Å². The highest BCUT2D eigenvalue weighted by Gasteiger charge is 2.67. The van der Waals surface area contributed by atoms with Gasteiger partial charge in [0.1, 0.15) is 5.78 Å². The van der Waals surface area contributed by atoms with Crippen LogP contribution in [0.1, 0.15) is 65.7 Å². The number of carbonyl (C=O) groups excluding carboxylic acids is 1. The maximum atomic E-state index is 12.2. The Hall–Kier alpha value is -0.750. The van der Waals surface area contributed by atoms with Gasteiger partial charge in [-0.3, -0.25) is 4.79 Å². The van der Waals surface area contributed by atoms with E-state index in [1.807, 2.05) is 0 Å². The number of aliphatic hydroxyl groups is 4. The van der Waals surface area contributed by atoms with Gasteiger partial charge in [0.25, 0.3) is 0 Å². The van der Waals surface area contributed by atoms with Crippen molar-refractivity contribution in [2.24, 2.45) is 34.5 Å². The number of allylic oxidation sites excluding steroid dienone is 1. The molecular formula is C21H32O5. The largest absolute Gasteiger partial charge is 0.365 e. The minimum Gasteiger partial charge on any atom is -0.365 e. The van der Waals surface area contributed by atoms with E-state index in [4.69, 9.17) is 0 Å². The topological polar surface area (TPSA) is 98.0 Å². The zero-order valence-corrected chi connectivity index (χ0v) is 16.0. The quantitative estimate of drug-likeness (QED) is 0.422. The van der Waals surface area contributed by atoms with Crippen molar-refractivity contribution in [3.8, 4) is 0 Å². The van der Waals surface area contributed by atoms with E-state index in [1.165, 1.54) is 0 Å². The summed E-state index contributed by atoms with van der Waals surface area (Å²) in [7, 11) is 0. The molecule has 146 valence electrons. The third-order valence-corrected chi connectivity index (χ3v) is 8.56. The van der Waals surface area contributed by atoms with Crippen molar-refractivity contribution >= 4 is 5.78 Å². The molecule has 4 rings (SSSR count). The van der Waals surface area contributed by atoms with Gasteiger partial charge >= 0.3 is 0 Å². The predicted octanol–water partition coefficient (Wildman–Crippen LogP) is 2.13. The van der Waals surface area contributed by atoms with Crippen LogP contribution in [0.2, 0.25) is 0 Å². The Morgan fingerprint density at radius 3 is 2.46 bits per heavy atom. The smallest absolute Gasteiger partial charge is 0.167 e. The summed E-state index contributed by atoms with van der Waals surface area (Å²) in [6, 6.07) is 0. The van der Waals surface area contributed by atoms with E-state index in [1.54, 1.807) is 6.92 Å². The van der Waals surface area contributed by atoms with Crippen LogP contribution >= 0.6 is 0 Å². The predicted molar refractivity (Wildman–Crippen MR) is 95.6 cm³/mol. The number of fused-ring (bicyclic) bond motifs is 5. The molecule has 0 aromatic rings. The standard InChI is InChI=1S/C21H32O5/c1-12(22)15-6-7-16-14-5-4-13-10-20(23,24)9-8-18(13,2)17(14)21(25,26)11-19(15,16)3/h4,14-17,23-26H,5-11H2,1-3H3/t14?,15-,16?,17?,18?,19?/m1/s1. The molecule has 0 bridgehead atoms. The lowest BCUT2D eigenvalue weighted by Crippen LogP contribution is -2.63. The molecule has 0 aromatic heterocycles. The van der Waals surface area contributed by atoms with Crippen LogP contribution in [0.3, 0.4) is 0 Å². The summed E-state index contributed by atoms with van der Waals surface area (Å²) < 4.78 is 0. The average molecular weight is 364 g/mol. The van der Waals surface area contributed by atoms with Crippen molar-refractivity contribution in [3.05, 3.63) is 11.6 Å². The van der Waals surface area contributed by atoms with Gasteiger partial charge in [-0.05, 0) is 55.3 Å². The van der Waals surface area contributed by atoms with Gasteiger partial charge in [-0.25, -0.2) is 0 Å². The molecule has 0 heterocycles. The number of Topliss-reactive ketones (excluding diaryl/α,β-unsaturated/α-hetero) is 1. The van der Waals surface area contributed by atoms with Crippen LogP contribution in [-0.4, -0.2) is 37.8 Å². The Labute approximate surface area is 155 Å². The molecule has 3 saturated carbocycles. The first-order chi connectivity index (χ1) is 11.9. The number of carbonyl (C=O) groups is 1. The maximum Gasteiger partial charge on any atom is 0.167 e. The van der Waals surface area contributed by atoms with Crippen LogP contribution in [0, 0.1) is 34.5 Å². The fraction of sp³-hybridized carbons (Fsp3) is 0.857. The summed E-state index contributed by atoms with van der Waals surface area (Å²) in [5.74, 6) is -3.38. The van der Waals surface area contributed by atoms with E-state index in [2.05, 4.69) is 19.9 Å². The van der Waals surface area contributed by atoms with Crippen molar-refractivity contribution in [2.75, 3.05) is 0 Å². The molecule has 0 amide bonds. The fourth-order valence-electron chi connectivity index (χ4n) is 7.57. The van der Waals surface area contributed by atoms with Crippen molar-refractivity contribution in [1.29, 1.82) is 0 Å². The molecule has 4 N–H and O–H groups in total. The highest BCUT2D eigenvalue weighted by molar-refractivity contribution is 5.79. The zero-order chi connectivity index (χ0) is 19.1. The van der Waals surface area contributed by atoms with E-state index in [0.717, 1.165) is 24.8 Å². The minimum atomic E-state index is -1.84. The number of ketones is 1. The Bertz CT molecular complexity index is 665. The summed E-state index contributed by atoms with van der Waals surface area (Å²) in [5, 5.41) is 42.6. The average Bonchev–Trinajstić information content (AvgIpc) is 2.83. The van der Waals surface area contributed by atoms with Crippen LogP contribution in [-0.2, 0) is 4.79 Å². The Morgan fingerprint density at radius 2 is 1.81 bits per heavy atom. The van der Waals surface area contributed by atoms with Gasteiger partial charge < -0.3 is 20.4 Å². The first-order valence-corrected chi connectivity index (χ1v) is 10.0. The van der Waals surface area contributed by atoms with Crippen LogP contribution in [0.4, 0.5) is 0 Å². The van der Waals surface area contributed by atoms with E-state index >= 15 is 0 Å². The second-order valence-electron chi connectivity index (χ2n) is 10.1. The van der Waals surface area contributed by atoms with Gasteiger partial charge in [0, 0.05) is 31.1 Å². The summed E-state index contributed by atoms with van der Waals surface area (Å²) in [5.41, 5.74) is 0.147. The molecule has 0 aliphatic heterocycles. The SMILES string of the molecule is CC(=O)[C@H]1CCC2C3CC=C4CC(O)(O)CCC4(C)C3C(O)(O)CC21C. The van der Waals surface area contributed by atoms with Crippen LogP contribution < -0.4 is 0 Å². The fourth-order valence-corrected chi connectivity index (χ4v) is 7.57. The molecule has 0 saturated heterocycles.